The number of rotatable bonds is 6. The summed E-state index contributed by atoms with van der Waals surface area (Å²) >= 11 is 0. The minimum Gasteiger partial charge on any atom is -0.328 e. The van der Waals surface area contributed by atoms with E-state index in [0.717, 1.165) is 18.6 Å². The minimum atomic E-state index is -3.86. The van der Waals surface area contributed by atoms with Gasteiger partial charge >= 0.3 is 0 Å². The van der Waals surface area contributed by atoms with Crippen LogP contribution >= 0.6 is 12.4 Å². The van der Waals surface area contributed by atoms with Gasteiger partial charge in [-0.25, -0.2) is 21.2 Å². The van der Waals surface area contributed by atoms with Gasteiger partial charge in [-0.1, -0.05) is 0 Å². The molecule has 2 unspecified atom stereocenters. The second-order valence-electron chi connectivity index (χ2n) is 6.27. The molecule has 0 radical (unpaired) electrons. The van der Waals surface area contributed by atoms with Crippen molar-refractivity contribution in [3.05, 3.63) is 24.0 Å². The molecule has 3 N–H and O–H groups in total. The molecule has 1 fully saturated rings. The van der Waals surface area contributed by atoms with Crippen LogP contribution in [-0.2, 0) is 20.0 Å². The van der Waals surface area contributed by atoms with E-state index in [0.29, 0.717) is 19.5 Å². The summed E-state index contributed by atoms with van der Waals surface area (Å²) in [5, 5.41) is 0. The smallest absolute Gasteiger partial charge is 0.243 e. The van der Waals surface area contributed by atoms with Crippen LogP contribution in [-0.4, -0.2) is 46.0 Å². The van der Waals surface area contributed by atoms with Gasteiger partial charge in [0.25, 0.3) is 0 Å². The molecule has 0 bridgehead atoms. The number of nitrogens with one attached hydrogen (secondary N) is 1. The molecule has 1 heterocycles. The maximum absolute atomic E-state index is 14.2. The third-order valence-electron chi connectivity index (χ3n) is 4.39. The van der Waals surface area contributed by atoms with E-state index in [1.54, 1.807) is 0 Å². The van der Waals surface area contributed by atoms with E-state index in [1.165, 1.54) is 17.3 Å². The van der Waals surface area contributed by atoms with E-state index in [9.17, 15) is 21.2 Å². The van der Waals surface area contributed by atoms with Crippen molar-refractivity contribution < 1.29 is 21.2 Å². The highest BCUT2D eigenvalue weighted by Crippen LogP contribution is 2.27. The third-order valence-corrected chi connectivity index (χ3v) is 7.54. The van der Waals surface area contributed by atoms with Crippen molar-refractivity contribution in [1.29, 1.82) is 0 Å². The summed E-state index contributed by atoms with van der Waals surface area (Å²) in [6.45, 7) is 3.92. The first-order valence-electron chi connectivity index (χ1n) is 8.12. The lowest BCUT2D eigenvalue weighted by molar-refractivity contribution is 0.243. The first kappa shape index (κ1) is 23.1. The van der Waals surface area contributed by atoms with Crippen molar-refractivity contribution in [1.82, 2.24) is 4.31 Å². The lowest BCUT2D eigenvalue weighted by Crippen LogP contribution is -2.44. The highest BCUT2D eigenvalue weighted by atomic mass is 35.5. The molecule has 1 saturated heterocycles. The summed E-state index contributed by atoms with van der Waals surface area (Å²) in [6, 6.07) is 3.06. The Morgan fingerprint density at radius 3 is 2.54 bits per heavy atom. The molecule has 0 spiro atoms. The summed E-state index contributed by atoms with van der Waals surface area (Å²) in [5.41, 5.74) is 5.61. The van der Waals surface area contributed by atoms with Gasteiger partial charge in [0.15, 0.2) is 0 Å². The Kier molecular flexibility index (Phi) is 7.85. The molecule has 2 atom stereocenters. The molecule has 0 aromatic heterocycles. The van der Waals surface area contributed by atoms with Crippen molar-refractivity contribution in [2.24, 2.45) is 11.7 Å². The van der Waals surface area contributed by atoms with Crippen LogP contribution < -0.4 is 10.5 Å². The molecule has 1 aliphatic rings. The van der Waals surface area contributed by atoms with E-state index < -0.39 is 25.9 Å². The van der Waals surface area contributed by atoms with Gasteiger partial charge in [0.1, 0.15) is 5.82 Å². The van der Waals surface area contributed by atoms with Gasteiger partial charge in [0.2, 0.25) is 20.0 Å². The Morgan fingerprint density at radius 2 is 2.00 bits per heavy atom. The summed E-state index contributed by atoms with van der Waals surface area (Å²) in [7, 11) is -7.50. The monoisotopic (exact) mass is 429 g/mol. The second kappa shape index (κ2) is 8.83. The van der Waals surface area contributed by atoms with E-state index in [4.69, 9.17) is 5.73 Å². The molecular weight excluding hydrogens is 405 g/mol. The van der Waals surface area contributed by atoms with Crippen molar-refractivity contribution in [2.75, 3.05) is 23.6 Å². The van der Waals surface area contributed by atoms with Crippen molar-refractivity contribution in [3.63, 3.8) is 0 Å². The average molecular weight is 430 g/mol. The van der Waals surface area contributed by atoms with Gasteiger partial charge in [0, 0.05) is 19.1 Å². The normalized spacial score (nSPS) is 20.2. The largest absolute Gasteiger partial charge is 0.328 e. The zero-order valence-electron chi connectivity index (χ0n) is 14.7. The summed E-state index contributed by atoms with van der Waals surface area (Å²) in [6.07, 6.45) is 1.55. The lowest BCUT2D eigenvalue weighted by atomic mass is 9.93. The summed E-state index contributed by atoms with van der Waals surface area (Å²) in [5.74, 6) is -1.08. The van der Waals surface area contributed by atoms with Gasteiger partial charge in [-0.2, -0.15) is 4.31 Å². The summed E-state index contributed by atoms with van der Waals surface area (Å²) < 4.78 is 66.1. The highest BCUT2D eigenvalue weighted by molar-refractivity contribution is 7.92. The fraction of sp³-hybridized carbons (Fsp3) is 0.600. The lowest BCUT2D eigenvalue weighted by Gasteiger charge is -2.33. The molecule has 150 valence electrons. The topological polar surface area (TPSA) is 110 Å². The predicted molar refractivity (Wildman–Crippen MR) is 102 cm³/mol. The van der Waals surface area contributed by atoms with E-state index in [1.807, 2.05) is 6.92 Å². The Balaban J connectivity index is 0.00000338. The van der Waals surface area contributed by atoms with Crippen LogP contribution in [0.3, 0.4) is 0 Å². The van der Waals surface area contributed by atoms with Crippen LogP contribution in [0.25, 0.3) is 0 Å². The maximum Gasteiger partial charge on any atom is 0.243 e. The molecule has 1 aromatic carbocycles. The second-order valence-corrected chi connectivity index (χ2v) is 10.2. The molecule has 0 amide bonds. The van der Waals surface area contributed by atoms with Crippen molar-refractivity contribution in [2.45, 2.75) is 37.6 Å². The SMILES string of the molecule is CCS(=O)(=O)Nc1ccc(S(=O)(=O)N2CCCC(C(C)N)C2)cc1F.Cl. The van der Waals surface area contributed by atoms with E-state index in [2.05, 4.69) is 4.72 Å². The number of piperidine rings is 1. The number of benzene rings is 1. The van der Waals surface area contributed by atoms with Gasteiger partial charge in [-0.05, 0) is 50.8 Å². The Labute approximate surface area is 160 Å². The molecule has 11 heteroatoms. The standard InChI is InChI=1S/C15H24FN3O4S2.ClH/c1-3-24(20,21)18-15-7-6-13(9-14(15)16)25(22,23)19-8-4-5-12(10-19)11(2)17;/h6-7,9,11-12,18H,3-5,8,10,17H2,1-2H3;1H. The third kappa shape index (κ3) is 5.29. The Bertz CT molecular complexity index is 831. The van der Waals surface area contributed by atoms with Gasteiger partial charge in [-0.3, -0.25) is 4.72 Å². The minimum absolute atomic E-state index is 0. The average Bonchev–Trinajstić information content (AvgIpc) is 2.56. The Morgan fingerprint density at radius 1 is 1.35 bits per heavy atom. The molecule has 2 rings (SSSR count). The Hall–Kier alpha value is -0.940. The molecule has 26 heavy (non-hydrogen) atoms. The molecule has 0 aliphatic carbocycles. The fourth-order valence-corrected chi connectivity index (χ4v) is 4.94. The zero-order chi connectivity index (χ0) is 18.8. The quantitative estimate of drug-likeness (QED) is 0.715. The molecule has 0 saturated carbocycles. The molecular formula is C15H25ClFN3O4S2. The number of nitrogens with zero attached hydrogens (tertiary/aromatic N) is 1. The fourth-order valence-electron chi connectivity index (χ4n) is 2.75. The number of halogens is 2. The number of sulfonamides is 2. The highest BCUT2D eigenvalue weighted by Gasteiger charge is 2.32. The molecule has 1 aliphatic heterocycles. The first-order chi connectivity index (χ1) is 11.6. The molecule has 7 nitrogen and oxygen atoms in total. The van der Waals surface area contributed by atoms with Gasteiger partial charge in [0.05, 0.1) is 16.3 Å². The van der Waals surface area contributed by atoms with Crippen LogP contribution in [0.2, 0.25) is 0 Å². The summed E-state index contributed by atoms with van der Waals surface area (Å²) in [4.78, 5) is -0.199. The van der Waals surface area contributed by atoms with Crippen LogP contribution in [0.15, 0.2) is 23.1 Å². The van der Waals surface area contributed by atoms with Crippen LogP contribution in [0.4, 0.5) is 10.1 Å². The predicted octanol–water partition coefficient (Wildman–Crippen LogP) is 1.76. The van der Waals surface area contributed by atoms with Gasteiger partial charge < -0.3 is 5.73 Å². The number of hydrogen-bond donors (Lipinski definition) is 2. The van der Waals surface area contributed by atoms with E-state index >= 15 is 0 Å². The zero-order valence-corrected chi connectivity index (χ0v) is 17.1. The van der Waals surface area contributed by atoms with Crippen molar-refractivity contribution in [3.8, 4) is 0 Å². The van der Waals surface area contributed by atoms with Crippen LogP contribution in [0.1, 0.15) is 26.7 Å². The van der Waals surface area contributed by atoms with Gasteiger partial charge in [-0.15, -0.1) is 12.4 Å². The maximum atomic E-state index is 14.2. The van der Waals surface area contributed by atoms with E-state index in [-0.39, 0.29) is 40.7 Å². The van der Waals surface area contributed by atoms with Crippen LogP contribution in [0, 0.1) is 11.7 Å². The van der Waals surface area contributed by atoms with Crippen molar-refractivity contribution >= 4 is 38.1 Å². The number of anilines is 1. The number of hydrogen-bond acceptors (Lipinski definition) is 5. The first-order valence-corrected chi connectivity index (χ1v) is 11.2. The molecule has 1 aromatic rings. The number of nitrogens with two attached hydrogens (primary N) is 1. The van der Waals surface area contributed by atoms with Crippen LogP contribution in [0.5, 0.6) is 0 Å².